The summed E-state index contributed by atoms with van der Waals surface area (Å²) < 4.78 is 20.7. The number of oxime groups is 1. The van der Waals surface area contributed by atoms with Crippen molar-refractivity contribution in [2.24, 2.45) is 5.16 Å². The first-order chi connectivity index (χ1) is 14.8. The van der Waals surface area contributed by atoms with Crippen LogP contribution in [0.3, 0.4) is 0 Å². The Bertz CT molecular complexity index is 1160. The fraction of sp³-hybridized carbons (Fsp3) is 0.261. The number of rotatable bonds is 9. The second kappa shape index (κ2) is 9.45. The lowest BCUT2D eigenvalue weighted by molar-refractivity contribution is 0.122. The predicted molar refractivity (Wildman–Crippen MR) is 115 cm³/mol. The second-order valence-corrected chi connectivity index (χ2v) is 6.80. The molecule has 0 saturated heterocycles. The van der Waals surface area contributed by atoms with Crippen molar-refractivity contribution < 1.29 is 14.0 Å². The summed E-state index contributed by atoms with van der Waals surface area (Å²) in [6, 6.07) is 14.2. The minimum atomic E-state index is -0.272. The monoisotopic (exact) mass is 406 g/mol. The molecule has 0 bridgehead atoms. The van der Waals surface area contributed by atoms with Crippen LogP contribution in [-0.4, -0.2) is 34.0 Å². The Balaban J connectivity index is 1.48. The fourth-order valence-corrected chi connectivity index (χ4v) is 3.34. The number of aromatic nitrogens is 3. The van der Waals surface area contributed by atoms with Gasteiger partial charge in [0.15, 0.2) is 0 Å². The highest BCUT2D eigenvalue weighted by atomic mass is 19.1. The van der Waals surface area contributed by atoms with Gasteiger partial charge in [-0.2, -0.15) is 0 Å². The summed E-state index contributed by atoms with van der Waals surface area (Å²) >= 11 is 0. The maximum absolute atomic E-state index is 12.9. The summed E-state index contributed by atoms with van der Waals surface area (Å²) in [6.45, 7) is 4.22. The molecule has 0 aliphatic carbocycles. The highest BCUT2D eigenvalue weighted by Gasteiger charge is 2.14. The lowest BCUT2D eigenvalue weighted by Gasteiger charge is -2.10. The van der Waals surface area contributed by atoms with E-state index in [1.54, 1.807) is 18.3 Å². The molecule has 0 aliphatic heterocycles. The number of pyridine rings is 1. The molecule has 2 aromatic carbocycles. The van der Waals surface area contributed by atoms with Crippen LogP contribution in [0.1, 0.15) is 24.7 Å². The zero-order valence-electron chi connectivity index (χ0n) is 16.8. The quantitative estimate of drug-likeness (QED) is 0.230. The van der Waals surface area contributed by atoms with Crippen molar-refractivity contribution in [1.82, 2.24) is 14.5 Å². The molecule has 2 aromatic heterocycles. The topological polar surface area (TPSA) is 61.5 Å². The van der Waals surface area contributed by atoms with Crippen LogP contribution in [0.15, 0.2) is 59.9 Å². The zero-order chi connectivity index (χ0) is 20.8. The number of ether oxygens (including phenoxy) is 1. The molecular formula is C23H23FN4O2. The Morgan fingerprint density at radius 1 is 1.10 bits per heavy atom. The van der Waals surface area contributed by atoms with Crippen LogP contribution in [0.2, 0.25) is 0 Å². The third-order valence-corrected chi connectivity index (χ3v) is 4.76. The SMILES string of the molecule is CCOCc1nc2cnc3ccccc3c2n1CCCO/N=C/c1ccc(F)cc1. The van der Waals surface area contributed by atoms with Gasteiger partial charge in [0.05, 0.1) is 23.4 Å². The van der Waals surface area contributed by atoms with E-state index in [2.05, 4.69) is 20.8 Å². The van der Waals surface area contributed by atoms with Crippen molar-refractivity contribution in [3.63, 3.8) is 0 Å². The maximum Gasteiger partial charge on any atom is 0.136 e. The zero-order valence-corrected chi connectivity index (χ0v) is 16.8. The van der Waals surface area contributed by atoms with E-state index in [0.29, 0.717) is 19.8 Å². The summed E-state index contributed by atoms with van der Waals surface area (Å²) in [5.74, 6) is 0.603. The van der Waals surface area contributed by atoms with Crippen LogP contribution < -0.4 is 0 Å². The van der Waals surface area contributed by atoms with Crippen LogP contribution in [0.4, 0.5) is 4.39 Å². The number of hydrogen-bond donors (Lipinski definition) is 0. The lowest BCUT2D eigenvalue weighted by atomic mass is 10.2. The Hall–Kier alpha value is -3.32. The van der Waals surface area contributed by atoms with Crippen LogP contribution >= 0.6 is 0 Å². The summed E-state index contributed by atoms with van der Waals surface area (Å²) in [7, 11) is 0. The largest absolute Gasteiger partial charge is 0.396 e. The van der Waals surface area contributed by atoms with E-state index < -0.39 is 0 Å². The van der Waals surface area contributed by atoms with E-state index in [-0.39, 0.29) is 5.82 Å². The average molecular weight is 406 g/mol. The van der Waals surface area contributed by atoms with Crippen molar-refractivity contribution in [1.29, 1.82) is 0 Å². The number of benzene rings is 2. The summed E-state index contributed by atoms with van der Waals surface area (Å²) in [5.41, 5.74) is 3.65. The van der Waals surface area contributed by atoms with Gasteiger partial charge < -0.3 is 14.1 Å². The van der Waals surface area contributed by atoms with Gasteiger partial charge in [-0.3, -0.25) is 4.98 Å². The number of para-hydroxylation sites is 1. The number of nitrogens with zero attached hydrogens (tertiary/aromatic N) is 4. The molecule has 0 fully saturated rings. The van der Waals surface area contributed by atoms with Crippen LogP contribution in [0, 0.1) is 5.82 Å². The summed E-state index contributed by atoms with van der Waals surface area (Å²) in [5, 5.41) is 5.04. The molecule has 30 heavy (non-hydrogen) atoms. The molecule has 0 N–H and O–H groups in total. The van der Waals surface area contributed by atoms with Crippen LogP contribution in [0.5, 0.6) is 0 Å². The Morgan fingerprint density at radius 2 is 1.93 bits per heavy atom. The van der Waals surface area contributed by atoms with Gasteiger partial charge in [0.1, 0.15) is 30.4 Å². The first-order valence-electron chi connectivity index (χ1n) is 9.97. The van der Waals surface area contributed by atoms with Crippen molar-refractivity contribution in [3.05, 3.63) is 71.9 Å². The van der Waals surface area contributed by atoms with Crippen molar-refractivity contribution >= 4 is 28.2 Å². The van der Waals surface area contributed by atoms with Gasteiger partial charge in [-0.1, -0.05) is 35.5 Å². The van der Waals surface area contributed by atoms with Gasteiger partial charge in [0.25, 0.3) is 0 Å². The van der Waals surface area contributed by atoms with Gasteiger partial charge in [0, 0.05) is 25.0 Å². The summed E-state index contributed by atoms with van der Waals surface area (Å²) in [4.78, 5) is 14.6. The van der Waals surface area contributed by atoms with Gasteiger partial charge in [-0.25, -0.2) is 9.37 Å². The Kier molecular flexibility index (Phi) is 6.29. The Labute approximate surface area is 174 Å². The van der Waals surface area contributed by atoms with E-state index in [0.717, 1.165) is 46.3 Å². The van der Waals surface area contributed by atoms with Gasteiger partial charge in [0.2, 0.25) is 0 Å². The molecular weight excluding hydrogens is 383 g/mol. The molecule has 154 valence electrons. The molecule has 4 aromatic rings. The van der Waals surface area contributed by atoms with Gasteiger partial charge in [-0.05, 0) is 30.7 Å². The number of hydrogen-bond acceptors (Lipinski definition) is 5. The predicted octanol–water partition coefficient (Wildman–Crippen LogP) is 4.70. The first kappa shape index (κ1) is 20.0. The smallest absolute Gasteiger partial charge is 0.136 e. The Morgan fingerprint density at radius 3 is 2.77 bits per heavy atom. The molecule has 0 amide bonds. The fourth-order valence-electron chi connectivity index (χ4n) is 3.34. The third-order valence-electron chi connectivity index (χ3n) is 4.76. The van der Waals surface area contributed by atoms with E-state index >= 15 is 0 Å². The third kappa shape index (κ3) is 4.46. The molecule has 0 radical (unpaired) electrons. The van der Waals surface area contributed by atoms with E-state index in [1.165, 1.54) is 12.1 Å². The number of imidazole rings is 1. The van der Waals surface area contributed by atoms with E-state index in [1.807, 2.05) is 31.3 Å². The van der Waals surface area contributed by atoms with Crippen molar-refractivity contribution in [2.45, 2.75) is 26.5 Å². The first-order valence-corrected chi connectivity index (χ1v) is 9.97. The number of fused-ring (bicyclic) bond motifs is 3. The average Bonchev–Trinajstić information content (AvgIpc) is 3.13. The minimum Gasteiger partial charge on any atom is -0.396 e. The molecule has 0 saturated carbocycles. The standard InChI is InChI=1S/C23H23FN4O2/c1-2-29-16-22-27-21-15-25-20-7-4-3-6-19(20)23(21)28(22)12-5-13-30-26-14-17-8-10-18(24)11-9-17/h3-4,6-11,14-15H,2,5,12-13,16H2,1H3/b26-14+. The molecule has 0 aliphatic rings. The van der Waals surface area contributed by atoms with Crippen LogP contribution in [-0.2, 0) is 22.7 Å². The van der Waals surface area contributed by atoms with Crippen molar-refractivity contribution in [2.75, 3.05) is 13.2 Å². The van der Waals surface area contributed by atoms with Gasteiger partial charge >= 0.3 is 0 Å². The maximum atomic E-state index is 12.9. The molecule has 0 atom stereocenters. The molecule has 0 unspecified atom stereocenters. The van der Waals surface area contributed by atoms with Crippen molar-refractivity contribution in [3.8, 4) is 0 Å². The number of aryl methyl sites for hydroxylation is 1. The number of halogens is 1. The lowest BCUT2D eigenvalue weighted by Crippen LogP contribution is -2.08. The second-order valence-electron chi connectivity index (χ2n) is 6.80. The van der Waals surface area contributed by atoms with E-state index in [9.17, 15) is 4.39 Å². The normalized spacial score (nSPS) is 11.7. The van der Waals surface area contributed by atoms with E-state index in [4.69, 9.17) is 14.6 Å². The molecule has 2 heterocycles. The van der Waals surface area contributed by atoms with Crippen LogP contribution in [0.25, 0.3) is 21.9 Å². The molecule has 7 heteroatoms. The highest BCUT2D eigenvalue weighted by molar-refractivity contribution is 6.02. The molecule has 6 nitrogen and oxygen atoms in total. The summed E-state index contributed by atoms with van der Waals surface area (Å²) in [6.07, 6.45) is 4.14. The minimum absolute atomic E-state index is 0.272. The van der Waals surface area contributed by atoms with Gasteiger partial charge in [-0.15, -0.1) is 0 Å². The molecule has 0 spiro atoms. The molecule has 4 rings (SSSR count). The highest BCUT2D eigenvalue weighted by Crippen LogP contribution is 2.25.